The Morgan fingerprint density at radius 3 is 2.34 bits per heavy atom. The van der Waals surface area contributed by atoms with Crippen LogP contribution in [0.25, 0.3) is 0 Å². The SMILES string of the molecule is CC12CCC3C(CCC4CC(O)CC[C@@]43C)C1CCC2CCC[C@@H](O)C(F)(F)F. The number of halogens is 3. The zero-order chi connectivity index (χ0) is 21.0. The fourth-order valence-corrected chi connectivity index (χ4v) is 8.54. The number of fused-ring (bicyclic) bond motifs is 5. The Morgan fingerprint density at radius 2 is 1.62 bits per heavy atom. The highest BCUT2D eigenvalue weighted by Gasteiger charge is 2.59. The zero-order valence-corrected chi connectivity index (χ0v) is 18.1. The second-order valence-electron chi connectivity index (χ2n) is 11.4. The Hall–Kier alpha value is -0.290. The summed E-state index contributed by atoms with van der Waals surface area (Å²) in [5.41, 5.74) is 0.639. The summed E-state index contributed by atoms with van der Waals surface area (Å²) in [5, 5.41) is 19.5. The van der Waals surface area contributed by atoms with E-state index < -0.39 is 12.3 Å². The van der Waals surface area contributed by atoms with Gasteiger partial charge in [-0.2, -0.15) is 13.2 Å². The van der Waals surface area contributed by atoms with Gasteiger partial charge in [-0.3, -0.25) is 0 Å². The van der Waals surface area contributed by atoms with Gasteiger partial charge in [-0.1, -0.05) is 20.3 Å². The van der Waals surface area contributed by atoms with Crippen molar-refractivity contribution in [3.05, 3.63) is 0 Å². The van der Waals surface area contributed by atoms with Gasteiger partial charge in [-0.25, -0.2) is 0 Å². The molecule has 4 rings (SSSR count). The molecule has 0 heterocycles. The highest BCUT2D eigenvalue weighted by Crippen LogP contribution is 2.67. The van der Waals surface area contributed by atoms with Crippen molar-refractivity contribution in [2.24, 2.45) is 40.4 Å². The number of aliphatic hydroxyl groups excluding tert-OH is 2. The van der Waals surface area contributed by atoms with Crippen LogP contribution in [0.15, 0.2) is 0 Å². The summed E-state index contributed by atoms with van der Waals surface area (Å²) >= 11 is 0. The maximum atomic E-state index is 12.6. The van der Waals surface area contributed by atoms with Crippen LogP contribution in [0.3, 0.4) is 0 Å². The van der Waals surface area contributed by atoms with Gasteiger partial charge >= 0.3 is 6.18 Å². The van der Waals surface area contributed by atoms with E-state index in [4.69, 9.17) is 0 Å². The molecule has 9 atom stereocenters. The average molecular weight is 417 g/mol. The molecule has 0 saturated heterocycles. The monoisotopic (exact) mass is 416 g/mol. The molecule has 4 saturated carbocycles. The fraction of sp³-hybridized carbons (Fsp3) is 1.00. The van der Waals surface area contributed by atoms with Gasteiger partial charge in [0.15, 0.2) is 0 Å². The third kappa shape index (κ3) is 3.77. The first-order valence-electron chi connectivity index (χ1n) is 12.0. The zero-order valence-electron chi connectivity index (χ0n) is 18.1. The van der Waals surface area contributed by atoms with Crippen molar-refractivity contribution in [1.29, 1.82) is 0 Å². The number of hydrogen-bond donors (Lipinski definition) is 2. The lowest BCUT2D eigenvalue weighted by atomic mass is 9.44. The molecule has 29 heavy (non-hydrogen) atoms. The molecule has 2 N–H and O–H groups in total. The first-order chi connectivity index (χ1) is 13.6. The largest absolute Gasteiger partial charge is 0.414 e. The Balaban J connectivity index is 1.41. The van der Waals surface area contributed by atoms with E-state index in [-0.39, 0.29) is 17.9 Å². The summed E-state index contributed by atoms with van der Waals surface area (Å²) in [6.45, 7) is 4.92. The molecule has 0 aromatic carbocycles. The molecule has 7 unspecified atom stereocenters. The van der Waals surface area contributed by atoms with Crippen LogP contribution in [0.5, 0.6) is 0 Å². The van der Waals surface area contributed by atoms with Crippen LogP contribution in [0.1, 0.15) is 90.9 Å². The van der Waals surface area contributed by atoms with E-state index in [1.807, 2.05) is 0 Å². The normalized spacial score (nSPS) is 48.5. The molecule has 0 spiro atoms. The fourth-order valence-electron chi connectivity index (χ4n) is 8.54. The summed E-state index contributed by atoms with van der Waals surface area (Å²) in [4.78, 5) is 0. The second-order valence-corrected chi connectivity index (χ2v) is 11.4. The van der Waals surface area contributed by atoms with Crippen LogP contribution in [-0.2, 0) is 0 Å². The van der Waals surface area contributed by atoms with Crippen LogP contribution in [0.4, 0.5) is 13.2 Å². The standard InChI is InChI=1S/C24H39F3O2/c1-22-13-11-20-18(8-6-16-14-17(28)10-12-23(16,20)2)19(22)9-7-15(22)4-3-5-21(29)24(25,26)27/h15-21,28-29H,3-14H2,1-2H3/t15?,16?,17?,18?,19?,20?,21-,22?,23+/m1/s1. The lowest BCUT2D eigenvalue weighted by Gasteiger charge is -2.61. The minimum atomic E-state index is -4.48. The first-order valence-corrected chi connectivity index (χ1v) is 12.0. The predicted molar refractivity (Wildman–Crippen MR) is 107 cm³/mol. The van der Waals surface area contributed by atoms with Crippen molar-refractivity contribution >= 4 is 0 Å². The Labute approximate surface area is 173 Å². The molecule has 4 aliphatic carbocycles. The van der Waals surface area contributed by atoms with Crippen LogP contribution >= 0.6 is 0 Å². The summed E-state index contributed by atoms with van der Waals surface area (Å²) in [7, 11) is 0. The molecule has 2 nitrogen and oxygen atoms in total. The van der Waals surface area contributed by atoms with Gasteiger partial charge in [0.2, 0.25) is 0 Å². The van der Waals surface area contributed by atoms with Crippen molar-refractivity contribution in [3.63, 3.8) is 0 Å². The molecule has 4 aliphatic rings. The van der Waals surface area contributed by atoms with Gasteiger partial charge in [0.05, 0.1) is 6.10 Å². The average Bonchev–Trinajstić information content (AvgIpc) is 2.98. The van der Waals surface area contributed by atoms with E-state index >= 15 is 0 Å². The summed E-state index contributed by atoms with van der Waals surface area (Å²) < 4.78 is 37.8. The lowest BCUT2D eigenvalue weighted by Crippen LogP contribution is -2.53. The van der Waals surface area contributed by atoms with E-state index in [0.717, 1.165) is 43.9 Å². The third-order valence-electron chi connectivity index (χ3n) is 10.2. The molecular weight excluding hydrogens is 377 g/mol. The van der Waals surface area contributed by atoms with Crippen LogP contribution < -0.4 is 0 Å². The molecule has 4 fully saturated rings. The second kappa shape index (κ2) is 7.69. The van der Waals surface area contributed by atoms with E-state index in [2.05, 4.69) is 13.8 Å². The van der Waals surface area contributed by atoms with Crippen LogP contribution in [0, 0.1) is 40.4 Å². The molecule has 168 valence electrons. The highest BCUT2D eigenvalue weighted by molar-refractivity contribution is 5.09. The smallest absolute Gasteiger partial charge is 0.393 e. The minimum absolute atomic E-state index is 0.110. The van der Waals surface area contributed by atoms with E-state index in [1.165, 1.54) is 32.1 Å². The van der Waals surface area contributed by atoms with Gasteiger partial charge < -0.3 is 10.2 Å². The molecule has 5 heteroatoms. The Kier molecular flexibility index (Phi) is 5.81. The molecule has 0 aromatic rings. The van der Waals surface area contributed by atoms with Gasteiger partial charge in [0.25, 0.3) is 0 Å². The molecule has 0 radical (unpaired) electrons. The summed E-state index contributed by atoms with van der Waals surface area (Å²) in [6.07, 6.45) is 4.80. The molecule has 0 aliphatic heterocycles. The van der Waals surface area contributed by atoms with Gasteiger partial charge in [0, 0.05) is 0 Å². The maximum absolute atomic E-state index is 12.6. The van der Waals surface area contributed by atoms with E-state index in [9.17, 15) is 23.4 Å². The molecule has 0 aromatic heterocycles. The molecular formula is C24H39F3O2. The van der Waals surface area contributed by atoms with Crippen molar-refractivity contribution in [2.45, 2.75) is 109 Å². The number of hydrogen-bond acceptors (Lipinski definition) is 2. The highest BCUT2D eigenvalue weighted by atomic mass is 19.4. The summed E-state index contributed by atoms with van der Waals surface area (Å²) in [5.74, 6) is 3.41. The van der Waals surface area contributed by atoms with Gasteiger partial charge in [-0.15, -0.1) is 0 Å². The van der Waals surface area contributed by atoms with Gasteiger partial charge in [-0.05, 0) is 111 Å². The van der Waals surface area contributed by atoms with Crippen molar-refractivity contribution in [3.8, 4) is 0 Å². The van der Waals surface area contributed by atoms with Gasteiger partial charge in [0.1, 0.15) is 6.10 Å². The topological polar surface area (TPSA) is 40.5 Å². The minimum Gasteiger partial charge on any atom is -0.393 e. The molecule has 0 bridgehead atoms. The van der Waals surface area contributed by atoms with E-state index in [1.54, 1.807) is 0 Å². The maximum Gasteiger partial charge on any atom is 0.414 e. The third-order valence-corrected chi connectivity index (χ3v) is 10.2. The molecule has 0 amide bonds. The summed E-state index contributed by atoms with van der Waals surface area (Å²) in [6, 6.07) is 0. The van der Waals surface area contributed by atoms with Crippen LogP contribution in [-0.4, -0.2) is 28.6 Å². The van der Waals surface area contributed by atoms with Crippen molar-refractivity contribution < 1.29 is 23.4 Å². The quantitative estimate of drug-likeness (QED) is 0.581. The Bertz CT molecular complexity index is 593. The van der Waals surface area contributed by atoms with E-state index in [0.29, 0.717) is 29.6 Å². The number of alkyl halides is 3. The number of rotatable bonds is 4. The number of aliphatic hydroxyl groups is 2. The lowest BCUT2D eigenvalue weighted by molar-refractivity contribution is -0.205. The van der Waals surface area contributed by atoms with Crippen molar-refractivity contribution in [1.82, 2.24) is 0 Å². The van der Waals surface area contributed by atoms with Crippen LogP contribution in [0.2, 0.25) is 0 Å². The van der Waals surface area contributed by atoms with Crippen molar-refractivity contribution in [2.75, 3.05) is 0 Å². The Morgan fingerprint density at radius 1 is 0.931 bits per heavy atom. The predicted octanol–water partition coefficient (Wildman–Crippen LogP) is 6.10. The first kappa shape index (κ1) is 21.9.